The molecule has 0 heterocycles. The van der Waals surface area contributed by atoms with Crippen LogP contribution < -0.4 is 5.73 Å². The van der Waals surface area contributed by atoms with Crippen molar-refractivity contribution < 1.29 is 14.3 Å². The zero-order chi connectivity index (χ0) is 13.7. The van der Waals surface area contributed by atoms with Crippen molar-refractivity contribution in [2.75, 3.05) is 19.5 Å². The van der Waals surface area contributed by atoms with Gasteiger partial charge in [-0.2, -0.15) is 0 Å². The average Bonchev–Trinajstić information content (AvgIpc) is 2.30. The van der Waals surface area contributed by atoms with Crippen molar-refractivity contribution in [2.45, 2.75) is 26.4 Å². The molecule has 0 saturated heterocycles. The van der Waals surface area contributed by atoms with E-state index >= 15 is 0 Å². The molecule has 4 nitrogen and oxygen atoms in total. The standard InChI is InChI=1S/C13H18BrNO3/c1-8(4-5-17-3)18-13(16)11-6-10(14)7-12(15)9(11)2/h6-8H,4-5,15H2,1-3H3. The van der Waals surface area contributed by atoms with Gasteiger partial charge < -0.3 is 15.2 Å². The molecular weight excluding hydrogens is 298 g/mol. The summed E-state index contributed by atoms with van der Waals surface area (Å²) in [7, 11) is 1.62. The number of esters is 1. The summed E-state index contributed by atoms with van der Waals surface area (Å²) >= 11 is 3.32. The Kier molecular flexibility index (Phi) is 5.62. The highest BCUT2D eigenvalue weighted by Gasteiger charge is 2.16. The Bertz CT molecular complexity index is 434. The number of benzene rings is 1. The van der Waals surface area contributed by atoms with Crippen LogP contribution in [0.3, 0.4) is 0 Å². The number of hydrogen-bond donors (Lipinski definition) is 1. The number of hydrogen-bond acceptors (Lipinski definition) is 4. The summed E-state index contributed by atoms with van der Waals surface area (Å²) < 4.78 is 11.0. The Labute approximate surface area is 116 Å². The lowest BCUT2D eigenvalue weighted by molar-refractivity contribution is 0.0266. The Hall–Kier alpha value is -1.07. The predicted molar refractivity (Wildman–Crippen MR) is 74.7 cm³/mol. The third-order valence-electron chi connectivity index (χ3n) is 2.67. The molecule has 100 valence electrons. The topological polar surface area (TPSA) is 61.5 Å². The van der Waals surface area contributed by atoms with Crippen LogP contribution in [0.15, 0.2) is 16.6 Å². The van der Waals surface area contributed by atoms with Gasteiger partial charge >= 0.3 is 5.97 Å². The summed E-state index contributed by atoms with van der Waals surface area (Å²) in [4.78, 5) is 12.0. The molecule has 1 aromatic rings. The minimum absolute atomic E-state index is 0.183. The second kappa shape index (κ2) is 6.75. The summed E-state index contributed by atoms with van der Waals surface area (Å²) in [5.74, 6) is -0.357. The summed E-state index contributed by atoms with van der Waals surface area (Å²) in [6.07, 6.45) is 0.488. The van der Waals surface area contributed by atoms with Crippen LogP contribution in [0.5, 0.6) is 0 Å². The highest BCUT2D eigenvalue weighted by atomic mass is 79.9. The first-order chi connectivity index (χ1) is 8.45. The molecule has 0 aliphatic rings. The normalized spacial score (nSPS) is 12.2. The lowest BCUT2D eigenvalue weighted by Gasteiger charge is -2.14. The second-order valence-electron chi connectivity index (χ2n) is 4.16. The molecule has 0 radical (unpaired) electrons. The zero-order valence-electron chi connectivity index (χ0n) is 10.8. The molecule has 0 aliphatic carbocycles. The molecule has 2 N–H and O–H groups in total. The van der Waals surface area contributed by atoms with E-state index in [-0.39, 0.29) is 12.1 Å². The molecule has 1 atom stereocenters. The van der Waals surface area contributed by atoms with Crippen LogP contribution in [0.25, 0.3) is 0 Å². The van der Waals surface area contributed by atoms with E-state index in [9.17, 15) is 4.79 Å². The van der Waals surface area contributed by atoms with Gasteiger partial charge in [0.15, 0.2) is 0 Å². The molecule has 0 aliphatic heterocycles. The molecule has 1 unspecified atom stereocenters. The van der Waals surface area contributed by atoms with Crippen molar-refractivity contribution in [3.63, 3.8) is 0 Å². The molecule has 0 saturated carbocycles. The van der Waals surface area contributed by atoms with E-state index in [1.54, 1.807) is 26.2 Å². The first-order valence-corrected chi connectivity index (χ1v) is 6.50. The summed E-state index contributed by atoms with van der Waals surface area (Å²) in [6.45, 7) is 4.21. The van der Waals surface area contributed by atoms with Crippen LogP contribution in [-0.2, 0) is 9.47 Å². The zero-order valence-corrected chi connectivity index (χ0v) is 12.4. The van der Waals surface area contributed by atoms with E-state index in [0.717, 1.165) is 10.0 Å². The van der Waals surface area contributed by atoms with Crippen LogP contribution in [0.1, 0.15) is 29.3 Å². The van der Waals surface area contributed by atoms with Gasteiger partial charge in [-0.1, -0.05) is 15.9 Å². The number of rotatable bonds is 5. The molecule has 1 aromatic carbocycles. The fourth-order valence-electron chi connectivity index (χ4n) is 1.50. The van der Waals surface area contributed by atoms with Crippen molar-refractivity contribution in [3.8, 4) is 0 Å². The maximum Gasteiger partial charge on any atom is 0.338 e. The Morgan fingerprint density at radius 1 is 1.50 bits per heavy atom. The summed E-state index contributed by atoms with van der Waals surface area (Å²) in [5, 5.41) is 0. The molecule has 18 heavy (non-hydrogen) atoms. The maximum absolute atomic E-state index is 12.0. The fraction of sp³-hybridized carbons (Fsp3) is 0.462. The third kappa shape index (κ3) is 3.99. The largest absolute Gasteiger partial charge is 0.459 e. The first-order valence-electron chi connectivity index (χ1n) is 5.71. The first kappa shape index (κ1) is 15.0. The maximum atomic E-state index is 12.0. The second-order valence-corrected chi connectivity index (χ2v) is 5.08. The average molecular weight is 316 g/mol. The number of methoxy groups -OCH3 is 1. The Balaban J connectivity index is 2.78. The highest BCUT2D eigenvalue weighted by molar-refractivity contribution is 9.10. The number of ether oxygens (including phenoxy) is 2. The molecule has 0 aromatic heterocycles. The molecule has 5 heteroatoms. The lowest BCUT2D eigenvalue weighted by atomic mass is 10.1. The van der Waals surface area contributed by atoms with Gasteiger partial charge in [-0.25, -0.2) is 4.79 Å². The Morgan fingerprint density at radius 2 is 2.17 bits per heavy atom. The third-order valence-corrected chi connectivity index (χ3v) is 3.13. The van der Waals surface area contributed by atoms with E-state index in [2.05, 4.69) is 15.9 Å². The van der Waals surface area contributed by atoms with Gasteiger partial charge in [-0.15, -0.1) is 0 Å². The van der Waals surface area contributed by atoms with Gasteiger partial charge in [0.05, 0.1) is 5.56 Å². The van der Waals surface area contributed by atoms with Crippen LogP contribution in [0.2, 0.25) is 0 Å². The van der Waals surface area contributed by atoms with E-state index < -0.39 is 0 Å². The van der Waals surface area contributed by atoms with Crippen molar-refractivity contribution in [1.82, 2.24) is 0 Å². The molecule has 0 bridgehead atoms. The van der Waals surface area contributed by atoms with Crippen molar-refractivity contribution in [1.29, 1.82) is 0 Å². The SMILES string of the molecule is COCCC(C)OC(=O)c1cc(Br)cc(N)c1C. The van der Waals surface area contributed by atoms with Crippen molar-refractivity contribution in [2.24, 2.45) is 0 Å². The van der Waals surface area contributed by atoms with Gasteiger partial charge in [0, 0.05) is 30.3 Å². The van der Waals surface area contributed by atoms with E-state index in [1.165, 1.54) is 0 Å². The van der Waals surface area contributed by atoms with Gasteiger partial charge in [0.25, 0.3) is 0 Å². The van der Waals surface area contributed by atoms with Gasteiger partial charge in [0.2, 0.25) is 0 Å². The number of nitrogens with two attached hydrogens (primary N) is 1. The monoisotopic (exact) mass is 315 g/mol. The van der Waals surface area contributed by atoms with Crippen LogP contribution >= 0.6 is 15.9 Å². The number of carbonyl (C=O) groups excluding carboxylic acids is 1. The van der Waals surface area contributed by atoms with E-state index in [1.807, 2.05) is 6.92 Å². The van der Waals surface area contributed by atoms with Gasteiger partial charge in [-0.05, 0) is 31.5 Å². The number of anilines is 1. The summed E-state index contributed by atoms with van der Waals surface area (Å²) in [5.41, 5.74) is 7.61. The van der Waals surface area contributed by atoms with Gasteiger partial charge in [0.1, 0.15) is 6.10 Å². The molecule has 0 spiro atoms. The molecular formula is C13H18BrNO3. The highest BCUT2D eigenvalue weighted by Crippen LogP contribution is 2.23. The van der Waals surface area contributed by atoms with E-state index in [0.29, 0.717) is 24.3 Å². The number of carbonyl (C=O) groups is 1. The Morgan fingerprint density at radius 3 is 2.78 bits per heavy atom. The summed E-state index contributed by atoms with van der Waals surface area (Å²) in [6, 6.07) is 3.48. The predicted octanol–water partition coefficient (Wildman–Crippen LogP) is 2.92. The smallest absolute Gasteiger partial charge is 0.338 e. The van der Waals surface area contributed by atoms with Gasteiger partial charge in [-0.3, -0.25) is 0 Å². The van der Waals surface area contributed by atoms with Crippen molar-refractivity contribution >= 4 is 27.6 Å². The molecule has 0 amide bonds. The van der Waals surface area contributed by atoms with Crippen LogP contribution in [-0.4, -0.2) is 25.8 Å². The molecule has 1 rings (SSSR count). The number of halogens is 1. The number of nitrogen functional groups attached to an aromatic ring is 1. The quantitative estimate of drug-likeness (QED) is 0.670. The van der Waals surface area contributed by atoms with Crippen LogP contribution in [0, 0.1) is 6.92 Å². The minimum atomic E-state index is -0.357. The fourth-order valence-corrected chi connectivity index (χ4v) is 1.98. The van der Waals surface area contributed by atoms with Crippen molar-refractivity contribution in [3.05, 3.63) is 27.7 Å². The lowest BCUT2D eigenvalue weighted by Crippen LogP contribution is -2.18. The van der Waals surface area contributed by atoms with Crippen LogP contribution in [0.4, 0.5) is 5.69 Å². The minimum Gasteiger partial charge on any atom is -0.459 e. The van der Waals surface area contributed by atoms with E-state index in [4.69, 9.17) is 15.2 Å². The molecule has 0 fully saturated rings.